The molecule has 3 nitrogen and oxygen atoms in total. The van der Waals surface area contributed by atoms with Gasteiger partial charge in [0.2, 0.25) is 0 Å². The average molecular weight is 669 g/mol. The molecule has 47 heavy (non-hydrogen) atoms. The molecule has 268 valence electrons. The Balaban J connectivity index is 4.25. The van der Waals surface area contributed by atoms with Crippen molar-refractivity contribution in [2.45, 2.75) is 171 Å². The molecule has 0 aromatic carbocycles. The summed E-state index contributed by atoms with van der Waals surface area (Å²) in [5.41, 5.74) is 11.5. The van der Waals surface area contributed by atoms with Gasteiger partial charge in [-0.25, -0.2) is 0 Å². The molecular formula is C43H72O3S. The minimum Gasteiger partial charge on any atom is -0.266 e. The summed E-state index contributed by atoms with van der Waals surface area (Å²) < 4.78 is 28.5. The lowest BCUT2D eigenvalue weighted by molar-refractivity contribution is 0.351. The lowest BCUT2D eigenvalue weighted by atomic mass is 10.0. The van der Waals surface area contributed by atoms with Crippen LogP contribution in [-0.4, -0.2) is 20.3 Å². The van der Waals surface area contributed by atoms with Crippen LogP contribution in [0.4, 0.5) is 0 Å². The Morgan fingerprint density at radius 2 is 0.660 bits per heavy atom. The first-order valence-corrected chi connectivity index (χ1v) is 19.7. The van der Waals surface area contributed by atoms with Crippen molar-refractivity contribution in [3.63, 3.8) is 0 Å². The Morgan fingerprint density at radius 3 is 0.894 bits per heavy atom. The van der Waals surface area contributed by atoms with Gasteiger partial charge in [-0.2, -0.15) is 8.42 Å². The van der Waals surface area contributed by atoms with Gasteiger partial charge in [0.05, 0.1) is 11.9 Å². The van der Waals surface area contributed by atoms with Crippen molar-refractivity contribution in [2.75, 3.05) is 6.61 Å². The second kappa shape index (κ2) is 26.7. The van der Waals surface area contributed by atoms with E-state index in [0.29, 0.717) is 0 Å². The van der Waals surface area contributed by atoms with Gasteiger partial charge in [-0.1, -0.05) is 93.2 Å². The molecule has 0 aliphatic carbocycles. The van der Waals surface area contributed by atoms with Crippen LogP contribution in [0.15, 0.2) is 93.2 Å². The van der Waals surface area contributed by atoms with Crippen molar-refractivity contribution >= 4 is 10.1 Å². The van der Waals surface area contributed by atoms with Crippen molar-refractivity contribution < 1.29 is 12.6 Å². The molecule has 0 rings (SSSR count). The van der Waals surface area contributed by atoms with Crippen molar-refractivity contribution in [1.82, 2.24) is 0 Å². The third-order valence-electron chi connectivity index (χ3n) is 8.52. The van der Waals surface area contributed by atoms with E-state index in [1.54, 1.807) is 13.8 Å². The topological polar surface area (TPSA) is 43.4 Å². The fourth-order valence-corrected chi connectivity index (χ4v) is 5.52. The molecule has 0 aromatic heterocycles. The van der Waals surface area contributed by atoms with E-state index in [9.17, 15) is 8.42 Å². The molecule has 0 heterocycles. The maximum Gasteiger partial charge on any atom is 0.269 e. The summed E-state index contributed by atoms with van der Waals surface area (Å²) >= 11 is 0. The van der Waals surface area contributed by atoms with E-state index in [0.717, 1.165) is 82.6 Å². The molecule has 0 aromatic rings. The summed E-state index contributed by atoms with van der Waals surface area (Å²) in [4.78, 5) is 0. The van der Waals surface area contributed by atoms with E-state index >= 15 is 0 Å². The van der Waals surface area contributed by atoms with Crippen molar-refractivity contribution in [2.24, 2.45) is 0 Å². The van der Waals surface area contributed by atoms with Gasteiger partial charge in [-0.3, -0.25) is 4.18 Å². The van der Waals surface area contributed by atoms with E-state index in [-0.39, 0.29) is 6.61 Å². The van der Waals surface area contributed by atoms with E-state index < -0.39 is 15.4 Å². The predicted molar refractivity (Wildman–Crippen MR) is 210 cm³/mol. The van der Waals surface area contributed by atoms with Crippen LogP contribution in [0.2, 0.25) is 0 Å². The first-order chi connectivity index (χ1) is 22.1. The molecule has 0 atom stereocenters. The molecule has 0 radical (unpaired) electrons. The number of hydrogen-bond acceptors (Lipinski definition) is 3. The fourth-order valence-electron chi connectivity index (χ4n) is 4.99. The molecule has 0 bridgehead atoms. The summed E-state index contributed by atoms with van der Waals surface area (Å²) in [6.45, 7) is 23.3. The lowest BCUT2D eigenvalue weighted by Gasteiger charge is -2.06. The minimum absolute atomic E-state index is 0.124. The number of hydrogen-bond donors (Lipinski definition) is 0. The minimum atomic E-state index is -3.44. The molecular weight excluding hydrogens is 597 g/mol. The Bertz CT molecular complexity index is 1240. The quantitative estimate of drug-likeness (QED) is 0.0718. The van der Waals surface area contributed by atoms with Gasteiger partial charge in [-0.15, -0.1) is 0 Å². The van der Waals surface area contributed by atoms with E-state index in [1.165, 1.54) is 51.9 Å². The zero-order valence-corrected chi connectivity index (χ0v) is 33.3. The SMILES string of the molecule is CC(C)=CCCC(C)=CCCC(C)=CCCC(C)=CCCC(C)=CCCC(C)=CCCC(C)=CCC/C(C)=C/COS(=O)(=O)C(C)C. The summed E-state index contributed by atoms with van der Waals surface area (Å²) in [5, 5.41) is -0.509. The summed E-state index contributed by atoms with van der Waals surface area (Å²) in [5.74, 6) is 0. The van der Waals surface area contributed by atoms with Crippen molar-refractivity contribution in [3.05, 3.63) is 93.2 Å². The molecule has 0 aliphatic heterocycles. The van der Waals surface area contributed by atoms with E-state index in [1.807, 2.05) is 13.0 Å². The molecule has 0 saturated heterocycles. The largest absolute Gasteiger partial charge is 0.269 e. The highest BCUT2D eigenvalue weighted by atomic mass is 32.2. The fraction of sp³-hybridized carbons (Fsp3) is 0.628. The third kappa shape index (κ3) is 27.5. The maximum atomic E-state index is 11.7. The molecule has 0 unspecified atom stereocenters. The normalized spacial score (nSPS) is 14.8. The van der Waals surface area contributed by atoms with Gasteiger partial charge >= 0.3 is 0 Å². The second-order valence-corrected chi connectivity index (χ2v) is 16.4. The van der Waals surface area contributed by atoms with Crippen LogP contribution in [0.3, 0.4) is 0 Å². The maximum absolute atomic E-state index is 11.7. The Morgan fingerprint density at radius 1 is 0.426 bits per heavy atom. The number of rotatable bonds is 25. The Labute approximate surface area is 292 Å². The molecule has 0 aliphatic rings. The van der Waals surface area contributed by atoms with Crippen molar-refractivity contribution in [1.29, 1.82) is 0 Å². The zero-order chi connectivity index (χ0) is 35.7. The lowest BCUT2D eigenvalue weighted by Crippen LogP contribution is -2.17. The standard InChI is InChI=1S/C43H72O3S/c1-35(2)19-12-20-37(5)21-13-22-38(6)23-14-24-39(7)25-15-26-40(8)27-16-28-41(9)29-17-30-42(10)31-18-32-43(11)33-34-46-47(44,45)36(3)4/h19,21,23,25,27,29,31,33,36H,12-18,20,22,24,26,28,30,32,34H2,1-11H3/b37-21?,38-23?,39-25?,40-27?,41-29?,42-31?,43-33+. The van der Waals surface area contributed by atoms with Crippen LogP contribution in [0.1, 0.15) is 166 Å². The van der Waals surface area contributed by atoms with Crippen LogP contribution in [0.5, 0.6) is 0 Å². The molecule has 4 heteroatoms. The first-order valence-electron chi connectivity index (χ1n) is 18.2. The summed E-state index contributed by atoms with van der Waals surface area (Å²) in [6, 6.07) is 0. The van der Waals surface area contributed by atoms with Gasteiger partial charge < -0.3 is 0 Å². The van der Waals surface area contributed by atoms with Gasteiger partial charge in [-0.05, 0) is 166 Å². The van der Waals surface area contributed by atoms with Crippen LogP contribution >= 0.6 is 0 Å². The summed E-state index contributed by atoms with van der Waals surface area (Å²) in [6.07, 6.45) is 34.2. The van der Waals surface area contributed by atoms with Gasteiger partial charge in [0.1, 0.15) is 0 Å². The van der Waals surface area contributed by atoms with Crippen LogP contribution in [0.25, 0.3) is 0 Å². The van der Waals surface area contributed by atoms with E-state index in [2.05, 4.69) is 97.9 Å². The molecule has 0 N–H and O–H groups in total. The highest BCUT2D eigenvalue weighted by molar-refractivity contribution is 7.87. The van der Waals surface area contributed by atoms with Gasteiger partial charge in [0.15, 0.2) is 0 Å². The highest BCUT2D eigenvalue weighted by Gasteiger charge is 2.15. The molecule has 0 amide bonds. The number of allylic oxidation sites excluding steroid dienone is 15. The van der Waals surface area contributed by atoms with Gasteiger partial charge in [0, 0.05) is 0 Å². The first kappa shape index (κ1) is 44.8. The predicted octanol–water partition coefficient (Wildman–Crippen LogP) is 13.8. The monoisotopic (exact) mass is 669 g/mol. The van der Waals surface area contributed by atoms with Gasteiger partial charge in [0.25, 0.3) is 10.1 Å². The molecule has 0 saturated carbocycles. The smallest absolute Gasteiger partial charge is 0.266 e. The van der Waals surface area contributed by atoms with Crippen LogP contribution < -0.4 is 0 Å². The zero-order valence-electron chi connectivity index (χ0n) is 32.4. The Hall–Kier alpha value is -2.17. The average Bonchev–Trinajstić information content (AvgIpc) is 2.96. The van der Waals surface area contributed by atoms with Crippen LogP contribution in [0, 0.1) is 0 Å². The molecule has 0 fully saturated rings. The highest BCUT2D eigenvalue weighted by Crippen LogP contribution is 2.17. The second-order valence-electron chi connectivity index (χ2n) is 14.2. The Kier molecular flexibility index (Phi) is 25.5. The van der Waals surface area contributed by atoms with Crippen LogP contribution in [-0.2, 0) is 14.3 Å². The summed E-state index contributed by atoms with van der Waals surface area (Å²) in [7, 11) is -3.44. The van der Waals surface area contributed by atoms with Crippen molar-refractivity contribution in [3.8, 4) is 0 Å². The molecule has 0 spiro atoms. The third-order valence-corrected chi connectivity index (χ3v) is 10.1. The van der Waals surface area contributed by atoms with E-state index in [4.69, 9.17) is 4.18 Å².